The van der Waals surface area contributed by atoms with Crippen LogP contribution in [0.2, 0.25) is 0 Å². The van der Waals surface area contributed by atoms with E-state index in [4.69, 9.17) is 10.5 Å². The number of anilines is 1. The molecule has 1 aromatic rings. The Morgan fingerprint density at radius 3 is 2.72 bits per heavy atom. The van der Waals surface area contributed by atoms with Gasteiger partial charge in [0, 0.05) is 18.7 Å². The van der Waals surface area contributed by atoms with Crippen molar-refractivity contribution in [1.29, 1.82) is 0 Å². The summed E-state index contributed by atoms with van der Waals surface area (Å²) in [5.41, 5.74) is 9.08. The van der Waals surface area contributed by atoms with Crippen LogP contribution in [0.5, 0.6) is 0 Å². The molecule has 0 aromatic carbocycles. The molecule has 2 unspecified atom stereocenters. The van der Waals surface area contributed by atoms with Crippen LogP contribution in [0.3, 0.4) is 0 Å². The van der Waals surface area contributed by atoms with Gasteiger partial charge in [-0.2, -0.15) is 5.10 Å². The molecule has 0 radical (unpaired) electrons. The van der Waals surface area contributed by atoms with Gasteiger partial charge in [0.05, 0.1) is 24.4 Å². The van der Waals surface area contributed by atoms with Crippen LogP contribution < -0.4 is 10.6 Å². The predicted molar refractivity (Wildman–Crippen MR) is 71.6 cm³/mol. The standard InChI is InChI=1S/C13H22N4O/c1-8-7-18-9(2)6-17(8)13-12(5-14)10(3)11(4)15-16-13/h8-9H,5-7,14H2,1-4H3. The molecular formula is C13H22N4O. The topological polar surface area (TPSA) is 64.3 Å². The highest BCUT2D eigenvalue weighted by atomic mass is 16.5. The zero-order valence-electron chi connectivity index (χ0n) is 11.6. The van der Waals surface area contributed by atoms with Crippen molar-refractivity contribution in [3.8, 4) is 0 Å². The molecule has 1 fully saturated rings. The second-order valence-corrected chi connectivity index (χ2v) is 5.06. The molecule has 5 heteroatoms. The van der Waals surface area contributed by atoms with E-state index in [-0.39, 0.29) is 6.10 Å². The first-order valence-corrected chi connectivity index (χ1v) is 6.45. The molecule has 5 nitrogen and oxygen atoms in total. The van der Waals surface area contributed by atoms with Crippen LogP contribution in [0.15, 0.2) is 0 Å². The van der Waals surface area contributed by atoms with Crippen LogP contribution in [0, 0.1) is 13.8 Å². The fraction of sp³-hybridized carbons (Fsp3) is 0.692. The SMILES string of the molecule is Cc1nnc(N2CC(C)OCC2C)c(CN)c1C. The first-order chi connectivity index (χ1) is 8.54. The zero-order chi connectivity index (χ0) is 13.3. The number of aryl methyl sites for hydroxylation is 1. The average molecular weight is 250 g/mol. The maximum atomic E-state index is 5.88. The van der Waals surface area contributed by atoms with Crippen molar-refractivity contribution in [2.45, 2.75) is 46.4 Å². The van der Waals surface area contributed by atoms with Crippen molar-refractivity contribution in [3.05, 3.63) is 16.8 Å². The highest BCUT2D eigenvalue weighted by Crippen LogP contribution is 2.25. The molecule has 2 atom stereocenters. The van der Waals surface area contributed by atoms with Gasteiger partial charge in [0.15, 0.2) is 5.82 Å². The molecule has 0 aliphatic carbocycles. The Labute approximate surface area is 108 Å². The smallest absolute Gasteiger partial charge is 0.156 e. The molecule has 2 rings (SSSR count). The van der Waals surface area contributed by atoms with Crippen molar-refractivity contribution in [2.24, 2.45) is 5.73 Å². The normalized spacial score (nSPS) is 24.4. The lowest BCUT2D eigenvalue weighted by atomic mass is 10.1. The molecule has 2 heterocycles. The van der Waals surface area contributed by atoms with Crippen molar-refractivity contribution >= 4 is 5.82 Å². The Balaban J connectivity index is 2.40. The lowest BCUT2D eigenvalue weighted by Crippen LogP contribution is -2.48. The van der Waals surface area contributed by atoms with Gasteiger partial charge in [0.2, 0.25) is 0 Å². The molecule has 1 saturated heterocycles. The van der Waals surface area contributed by atoms with E-state index in [9.17, 15) is 0 Å². The number of hydrogen-bond donors (Lipinski definition) is 1. The van der Waals surface area contributed by atoms with Crippen LogP contribution in [0.1, 0.15) is 30.7 Å². The summed E-state index contributed by atoms with van der Waals surface area (Å²) in [5.74, 6) is 0.920. The molecule has 1 aromatic heterocycles. The Kier molecular flexibility index (Phi) is 3.82. The van der Waals surface area contributed by atoms with E-state index in [1.807, 2.05) is 6.92 Å². The molecule has 0 saturated carbocycles. The Morgan fingerprint density at radius 2 is 2.06 bits per heavy atom. The van der Waals surface area contributed by atoms with E-state index in [1.165, 1.54) is 0 Å². The van der Waals surface area contributed by atoms with Gasteiger partial charge >= 0.3 is 0 Å². The van der Waals surface area contributed by atoms with Crippen molar-refractivity contribution < 1.29 is 4.74 Å². The molecule has 0 bridgehead atoms. The van der Waals surface area contributed by atoms with E-state index in [0.717, 1.165) is 35.8 Å². The summed E-state index contributed by atoms with van der Waals surface area (Å²) in [7, 11) is 0. The van der Waals surface area contributed by atoms with Crippen molar-refractivity contribution in [3.63, 3.8) is 0 Å². The lowest BCUT2D eigenvalue weighted by Gasteiger charge is -2.38. The number of morpholine rings is 1. The van der Waals surface area contributed by atoms with Gasteiger partial charge in [-0.3, -0.25) is 0 Å². The first kappa shape index (κ1) is 13.2. The number of aromatic nitrogens is 2. The predicted octanol–water partition coefficient (Wildman–Crippen LogP) is 1.17. The minimum Gasteiger partial charge on any atom is -0.375 e. The summed E-state index contributed by atoms with van der Waals surface area (Å²) < 4.78 is 5.65. The third kappa shape index (κ3) is 2.33. The average Bonchev–Trinajstić information content (AvgIpc) is 2.35. The largest absolute Gasteiger partial charge is 0.375 e. The van der Waals surface area contributed by atoms with Gasteiger partial charge in [-0.15, -0.1) is 5.10 Å². The highest BCUT2D eigenvalue weighted by Gasteiger charge is 2.27. The van der Waals surface area contributed by atoms with Crippen LogP contribution >= 0.6 is 0 Å². The molecule has 100 valence electrons. The zero-order valence-corrected chi connectivity index (χ0v) is 11.6. The highest BCUT2D eigenvalue weighted by molar-refractivity contribution is 5.51. The first-order valence-electron chi connectivity index (χ1n) is 6.45. The second-order valence-electron chi connectivity index (χ2n) is 5.06. The Hall–Kier alpha value is -1.20. The monoisotopic (exact) mass is 250 g/mol. The fourth-order valence-electron chi connectivity index (χ4n) is 2.32. The summed E-state index contributed by atoms with van der Waals surface area (Å²) in [6.07, 6.45) is 0.218. The summed E-state index contributed by atoms with van der Waals surface area (Å²) >= 11 is 0. The Bertz CT molecular complexity index is 435. The molecule has 1 aliphatic rings. The van der Waals surface area contributed by atoms with Crippen LogP contribution in [-0.2, 0) is 11.3 Å². The third-order valence-corrected chi connectivity index (χ3v) is 3.64. The maximum Gasteiger partial charge on any atom is 0.156 e. The van der Waals surface area contributed by atoms with Crippen LogP contribution in [0.25, 0.3) is 0 Å². The van der Waals surface area contributed by atoms with Gasteiger partial charge in [-0.05, 0) is 33.3 Å². The molecule has 0 amide bonds. The quantitative estimate of drug-likeness (QED) is 0.853. The lowest BCUT2D eigenvalue weighted by molar-refractivity contribution is 0.0339. The van der Waals surface area contributed by atoms with Gasteiger partial charge in [-0.25, -0.2) is 0 Å². The van der Waals surface area contributed by atoms with E-state index < -0.39 is 0 Å². The van der Waals surface area contributed by atoms with E-state index in [0.29, 0.717) is 12.6 Å². The second kappa shape index (κ2) is 5.20. The van der Waals surface area contributed by atoms with Gasteiger partial charge in [0.25, 0.3) is 0 Å². The summed E-state index contributed by atoms with van der Waals surface area (Å²) in [4.78, 5) is 2.26. The third-order valence-electron chi connectivity index (χ3n) is 3.64. The van der Waals surface area contributed by atoms with Crippen molar-refractivity contribution in [2.75, 3.05) is 18.1 Å². The number of nitrogens with zero attached hydrogens (tertiary/aromatic N) is 3. The maximum absolute atomic E-state index is 5.88. The van der Waals surface area contributed by atoms with Gasteiger partial charge in [-0.1, -0.05) is 0 Å². The molecule has 2 N–H and O–H groups in total. The summed E-state index contributed by atoms with van der Waals surface area (Å²) in [6, 6.07) is 0.308. The summed E-state index contributed by atoms with van der Waals surface area (Å²) in [6.45, 7) is 10.3. The van der Waals surface area contributed by atoms with E-state index in [2.05, 4.69) is 35.9 Å². The minimum atomic E-state index is 0.218. The number of rotatable bonds is 2. The minimum absolute atomic E-state index is 0.218. The Morgan fingerprint density at radius 1 is 1.33 bits per heavy atom. The van der Waals surface area contributed by atoms with Gasteiger partial charge in [0.1, 0.15) is 0 Å². The molecule has 1 aliphatic heterocycles. The molecular weight excluding hydrogens is 228 g/mol. The van der Waals surface area contributed by atoms with E-state index >= 15 is 0 Å². The summed E-state index contributed by atoms with van der Waals surface area (Å²) in [5, 5.41) is 8.59. The molecule has 0 spiro atoms. The number of nitrogens with two attached hydrogens (primary N) is 1. The van der Waals surface area contributed by atoms with E-state index in [1.54, 1.807) is 0 Å². The van der Waals surface area contributed by atoms with Crippen LogP contribution in [-0.4, -0.2) is 35.5 Å². The number of hydrogen-bond acceptors (Lipinski definition) is 5. The molecule has 18 heavy (non-hydrogen) atoms. The fourth-order valence-corrected chi connectivity index (χ4v) is 2.32. The van der Waals surface area contributed by atoms with Gasteiger partial charge < -0.3 is 15.4 Å². The number of ether oxygens (including phenoxy) is 1. The van der Waals surface area contributed by atoms with Crippen LogP contribution in [0.4, 0.5) is 5.82 Å². The van der Waals surface area contributed by atoms with Crippen molar-refractivity contribution in [1.82, 2.24) is 10.2 Å².